The van der Waals surface area contributed by atoms with Crippen LogP contribution in [0.3, 0.4) is 0 Å². The molecule has 2 N–H and O–H groups in total. The van der Waals surface area contributed by atoms with Gasteiger partial charge >= 0.3 is 6.18 Å². The van der Waals surface area contributed by atoms with E-state index in [1.807, 2.05) is 0 Å². The van der Waals surface area contributed by atoms with Crippen molar-refractivity contribution in [3.8, 4) is 0 Å². The number of hydrogen-bond acceptors (Lipinski definition) is 3. The standard InChI is InChI=1S/C17H14F3N3O2/c18-17(19,20)12-5-3-4-11(8-12)14(24)10-22-16(25)13-9-21-15-6-1-2-7-23(13)15/h1-9,14,24H,10H2,(H,22,25). The Bertz CT molecular complexity index is 905. The van der Waals surface area contributed by atoms with Gasteiger partial charge in [-0.2, -0.15) is 13.2 Å². The molecule has 0 saturated heterocycles. The fraction of sp³-hybridized carbons (Fsp3) is 0.176. The molecule has 3 aromatic rings. The lowest BCUT2D eigenvalue weighted by Crippen LogP contribution is -2.29. The lowest BCUT2D eigenvalue weighted by atomic mass is 10.1. The minimum atomic E-state index is -4.49. The molecule has 5 nitrogen and oxygen atoms in total. The molecule has 1 amide bonds. The van der Waals surface area contributed by atoms with Crippen molar-refractivity contribution in [3.63, 3.8) is 0 Å². The molecule has 0 bridgehead atoms. The number of amides is 1. The molecule has 0 radical (unpaired) electrons. The predicted octanol–water partition coefficient (Wildman–Crippen LogP) is 2.82. The number of nitrogens with zero attached hydrogens (tertiary/aromatic N) is 2. The van der Waals surface area contributed by atoms with Gasteiger partial charge in [0.1, 0.15) is 11.3 Å². The van der Waals surface area contributed by atoms with Crippen LogP contribution in [0.5, 0.6) is 0 Å². The van der Waals surface area contributed by atoms with Crippen molar-refractivity contribution >= 4 is 11.6 Å². The number of halogens is 3. The van der Waals surface area contributed by atoms with Crippen LogP contribution >= 0.6 is 0 Å². The third kappa shape index (κ3) is 3.63. The van der Waals surface area contributed by atoms with Gasteiger partial charge in [0.05, 0.1) is 17.9 Å². The normalized spacial score (nSPS) is 13.0. The number of fused-ring (bicyclic) bond motifs is 1. The molecule has 3 rings (SSSR count). The van der Waals surface area contributed by atoms with Gasteiger partial charge in [0.15, 0.2) is 0 Å². The van der Waals surface area contributed by atoms with E-state index >= 15 is 0 Å². The number of carbonyl (C=O) groups excluding carboxylic acids is 1. The maximum Gasteiger partial charge on any atom is 0.416 e. The fourth-order valence-electron chi connectivity index (χ4n) is 2.42. The van der Waals surface area contributed by atoms with Gasteiger partial charge in [-0.05, 0) is 29.8 Å². The van der Waals surface area contributed by atoms with Crippen molar-refractivity contribution in [2.45, 2.75) is 12.3 Å². The van der Waals surface area contributed by atoms with Crippen molar-refractivity contribution in [3.05, 3.63) is 71.7 Å². The van der Waals surface area contributed by atoms with E-state index in [1.54, 1.807) is 28.8 Å². The number of carbonyl (C=O) groups is 1. The number of pyridine rings is 1. The first-order valence-corrected chi connectivity index (χ1v) is 7.42. The first-order valence-electron chi connectivity index (χ1n) is 7.42. The molecule has 0 saturated carbocycles. The van der Waals surface area contributed by atoms with Crippen LogP contribution in [0.2, 0.25) is 0 Å². The lowest BCUT2D eigenvalue weighted by Gasteiger charge is -2.14. The summed E-state index contributed by atoms with van der Waals surface area (Å²) in [6.07, 6.45) is -2.69. The number of hydrogen-bond donors (Lipinski definition) is 2. The zero-order chi connectivity index (χ0) is 18.0. The summed E-state index contributed by atoms with van der Waals surface area (Å²) in [6.45, 7) is -0.222. The van der Waals surface area contributed by atoms with Gasteiger partial charge in [-0.1, -0.05) is 18.2 Å². The highest BCUT2D eigenvalue weighted by molar-refractivity contribution is 5.93. The van der Waals surface area contributed by atoms with Crippen LogP contribution in [0.1, 0.15) is 27.7 Å². The minimum absolute atomic E-state index is 0.0771. The molecule has 25 heavy (non-hydrogen) atoms. The lowest BCUT2D eigenvalue weighted by molar-refractivity contribution is -0.137. The second-order valence-corrected chi connectivity index (χ2v) is 5.42. The van der Waals surface area contributed by atoms with E-state index in [-0.39, 0.29) is 17.8 Å². The molecule has 2 aromatic heterocycles. The minimum Gasteiger partial charge on any atom is -0.387 e. The molecule has 130 valence electrons. The highest BCUT2D eigenvalue weighted by Gasteiger charge is 2.30. The van der Waals surface area contributed by atoms with E-state index in [0.717, 1.165) is 12.1 Å². The number of aliphatic hydroxyl groups excluding tert-OH is 1. The SMILES string of the molecule is O=C(NCC(O)c1cccc(C(F)(F)F)c1)c1cnc2ccccn12. The van der Waals surface area contributed by atoms with E-state index in [0.29, 0.717) is 5.65 Å². The van der Waals surface area contributed by atoms with Crippen molar-refractivity contribution in [1.82, 2.24) is 14.7 Å². The van der Waals surface area contributed by atoms with Gasteiger partial charge in [-0.15, -0.1) is 0 Å². The van der Waals surface area contributed by atoms with Crippen LogP contribution < -0.4 is 5.32 Å². The maximum absolute atomic E-state index is 12.7. The smallest absolute Gasteiger partial charge is 0.387 e. The second kappa shape index (κ2) is 6.56. The van der Waals surface area contributed by atoms with Crippen LogP contribution in [-0.4, -0.2) is 26.9 Å². The van der Waals surface area contributed by atoms with Crippen LogP contribution in [-0.2, 0) is 6.18 Å². The molecule has 0 aliphatic carbocycles. The number of imidazole rings is 1. The van der Waals surface area contributed by atoms with E-state index in [9.17, 15) is 23.1 Å². The molecule has 1 atom stereocenters. The van der Waals surface area contributed by atoms with Crippen molar-refractivity contribution < 1.29 is 23.1 Å². The third-order valence-corrected chi connectivity index (χ3v) is 3.70. The van der Waals surface area contributed by atoms with Gasteiger partial charge in [0.2, 0.25) is 0 Å². The van der Waals surface area contributed by atoms with Crippen molar-refractivity contribution in [1.29, 1.82) is 0 Å². The summed E-state index contributed by atoms with van der Waals surface area (Å²) in [6, 6.07) is 9.63. The van der Waals surface area contributed by atoms with E-state index < -0.39 is 23.8 Å². The Morgan fingerprint density at radius 2 is 2.04 bits per heavy atom. The van der Waals surface area contributed by atoms with E-state index in [1.165, 1.54) is 18.3 Å². The number of nitrogens with one attached hydrogen (secondary N) is 1. The van der Waals surface area contributed by atoms with Crippen LogP contribution in [0.25, 0.3) is 5.65 Å². The van der Waals surface area contributed by atoms with E-state index in [2.05, 4.69) is 10.3 Å². The maximum atomic E-state index is 12.7. The summed E-state index contributed by atoms with van der Waals surface area (Å²) < 4.78 is 39.7. The molecule has 0 aliphatic heterocycles. The molecule has 1 unspecified atom stereocenters. The Kier molecular flexibility index (Phi) is 4.45. The average Bonchev–Trinajstić information content (AvgIpc) is 3.03. The number of alkyl halides is 3. The molecular formula is C17H14F3N3O2. The molecule has 1 aromatic carbocycles. The molecule has 8 heteroatoms. The Labute approximate surface area is 140 Å². The first kappa shape index (κ1) is 17.0. The summed E-state index contributed by atoms with van der Waals surface area (Å²) in [5.41, 5.74) is 0.0864. The zero-order valence-corrected chi connectivity index (χ0v) is 12.9. The summed E-state index contributed by atoms with van der Waals surface area (Å²) in [5.74, 6) is -0.482. The monoisotopic (exact) mass is 349 g/mol. The van der Waals surface area contributed by atoms with Crippen LogP contribution in [0.4, 0.5) is 13.2 Å². The van der Waals surface area contributed by atoms with Crippen LogP contribution in [0, 0.1) is 0 Å². The summed E-state index contributed by atoms with van der Waals surface area (Å²) in [7, 11) is 0. The van der Waals surface area contributed by atoms with Crippen LogP contribution in [0.15, 0.2) is 54.9 Å². The number of aliphatic hydroxyl groups is 1. The van der Waals surface area contributed by atoms with Gasteiger partial charge in [0.25, 0.3) is 5.91 Å². The fourth-order valence-corrected chi connectivity index (χ4v) is 2.42. The highest BCUT2D eigenvalue weighted by Crippen LogP contribution is 2.30. The Morgan fingerprint density at radius 3 is 2.80 bits per heavy atom. The summed E-state index contributed by atoms with van der Waals surface area (Å²) >= 11 is 0. The Balaban J connectivity index is 1.70. The third-order valence-electron chi connectivity index (χ3n) is 3.70. The average molecular weight is 349 g/mol. The van der Waals surface area contributed by atoms with Crippen molar-refractivity contribution in [2.24, 2.45) is 0 Å². The van der Waals surface area contributed by atoms with Gasteiger partial charge in [0, 0.05) is 12.7 Å². The molecule has 0 spiro atoms. The number of benzene rings is 1. The highest BCUT2D eigenvalue weighted by atomic mass is 19.4. The molecule has 0 aliphatic rings. The number of rotatable bonds is 4. The summed E-state index contributed by atoms with van der Waals surface area (Å²) in [5, 5.41) is 12.6. The van der Waals surface area contributed by atoms with E-state index in [4.69, 9.17) is 0 Å². The summed E-state index contributed by atoms with van der Waals surface area (Å²) in [4.78, 5) is 16.3. The Hall–Kier alpha value is -2.87. The molecule has 2 heterocycles. The largest absolute Gasteiger partial charge is 0.416 e. The Morgan fingerprint density at radius 1 is 1.24 bits per heavy atom. The molecular weight excluding hydrogens is 335 g/mol. The topological polar surface area (TPSA) is 66.6 Å². The second-order valence-electron chi connectivity index (χ2n) is 5.42. The first-order chi connectivity index (χ1) is 11.9. The van der Waals surface area contributed by atoms with Crippen molar-refractivity contribution in [2.75, 3.05) is 6.54 Å². The van der Waals surface area contributed by atoms with Gasteiger partial charge < -0.3 is 10.4 Å². The zero-order valence-electron chi connectivity index (χ0n) is 12.9. The number of aromatic nitrogens is 2. The quantitative estimate of drug-likeness (QED) is 0.761. The van der Waals surface area contributed by atoms with Gasteiger partial charge in [-0.3, -0.25) is 9.20 Å². The molecule has 0 fully saturated rings. The van der Waals surface area contributed by atoms with Gasteiger partial charge in [-0.25, -0.2) is 4.98 Å². The predicted molar refractivity (Wildman–Crippen MR) is 83.9 cm³/mol.